The van der Waals surface area contributed by atoms with Gasteiger partial charge in [-0.2, -0.15) is 0 Å². The zero-order chi connectivity index (χ0) is 26.1. The molecule has 0 aromatic rings. The van der Waals surface area contributed by atoms with Crippen LogP contribution in [0.5, 0.6) is 0 Å². The third-order valence-electron chi connectivity index (χ3n) is 7.96. The lowest BCUT2D eigenvalue weighted by Crippen LogP contribution is -2.46. The van der Waals surface area contributed by atoms with Crippen LogP contribution in [0.25, 0.3) is 0 Å². The average Bonchev–Trinajstić information content (AvgIpc) is 3.43. The van der Waals surface area contributed by atoms with E-state index in [1.165, 1.54) is 14.2 Å². The molecule has 0 N–H and O–H groups in total. The molecule has 2 bridgehead atoms. The molecule has 0 amide bonds. The largest absolute Gasteiger partial charge is 0.469 e. The van der Waals surface area contributed by atoms with Crippen molar-refractivity contribution in [2.24, 2.45) is 34.0 Å². The SMILES string of the molecule is CC.CCC(C)(CC(C)(CC(C)(C)C(=O)OC)C(=O)OC)C(=O)OC1C2CC3C(=O)OC1C3C2. The molecular weight excluding hydrogens is 440 g/mol. The fourth-order valence-corrected chi connectivity index (χ4v) is 6.31. The van der Waals surface area contributed by atoms with Gasteiger partial charge in [0, 0.05) is 11.8 Å². The molecule has 1 aliphatic heterocycles. The summed E-state index contributed by atoms with van der Waals surface area (Å²) in [7, 11) is 2.61. The first kappa shape index (κ1) is 28.1. The smallest absolute Gasteiger partial charge is 0.312 e. The maximum absolute atomic E-state index is 13.4. The van der Waals surface area contributed by atoms with Crippen LogP contribution in [0.4, 0.5) is 0 Å². The van der Waals surface area contributed by atoms with Gasteiger partial charge in [-0.05, 0) is 59.8 Å². The van der Waals surface area contributed by atoms with Gasteiger partial charge in [-0.25, -0.2) is 0 Å². The van der Waals surface area contributed by atoms with Crippen molar-refractivity contribution in [2.45, 2.75) is 92.8 Å². The lowest BCUT2D eigenvalue weighted by atomic mass is 9.65. The van der Waals surface area contributed by atoms with E-state index in [0.717, 1.165) is 6.42 Å². The third-order valence-corrected chi connectivity index (χ3v) is 7.96. The quantitative estimate of drug-likeness (QED) is 0.358. The van der Waals surface area contributed by atoms with Crippen molar-refractivity contribution >= 4 is 23.9 Å². The average molecular weight is 483 g/mol. The molecular formula is C26H42O8. The first-order chi connectivity index (χ1) is 15.8. The topological polar surface area (TPSA) is 105 Å². The Kier molecular flexibility index (Phi) is 8.47. The third kappa shape index (κ3) is 4.96. The zero-order valence-corrected chi connectivity index (χ0v) is 22.2. The molecule has 8 nitrogen and oxygen atoms in total. The van der Waals surface area contributed by atoms with Gasteiger partial charge in [0.2, 0.25) is 0 Å². The molecule has 7 unspecified atom stereocenters. The number of rotatable bonds is 9. The Morgan fingerprint density at radius 1 is 0.912 bits per heavy atom. The molecule has 2 aliphatic carbocycles. The Labute approximate surface area is 203 Å². The minimum atomic E-state index is -1.12. The highest BCUT2D eigenvalue weighted by Crippen LogP contribution is 2.56. The number of hydrogen-bond acceptors (Lipinski definition) is 8. The van der Waals surface area contributed by atoms with Gasteiger partial charge in [-0.3, -0.25) is 19.2 Å². The number of carbonyl (C=O) groups excluding carboxylic acids is 4. The Bertz CT molecular complexity index is 805. The molecule has 194 valence electrons. The van der Waals surface area contributed by atoms with Gasteiger partial charge in [-0.15, -0.1) is 0 Å². The van der Waals surface area contributed by atoms with Gasteiger partial charge in [0.15, 0.2) is 0 Å². The Balaban J connectivity index is 0.00000199. The van der Waals surface area contributed by atoms with Crippen molar-refractivity contribution in [3.05, 3.63) is 0 Å². The fourth-order valence-electron chi connectivity index (χ4n) is 6.31. The Morgan fingerprint density at radius 3 is 2.03 bits per heavy atom. The standard InChI is InChI=1S/C24H36O8.C2H6/c1-8-23(4,12-24(5,20(27)30-7)11-22(2,3)19(26)29-6)21(28)32-16-13-9-14-15(10-13)18(25)31-17(14)16;1-2/h13-17H,8-12H2,1-7H3;1-2H3. The van der Waals surface area contributed by atoms with E-state index in [0.29, 0.717) is 12.8 Å². The lowest BCUT2D eigenvalue weighted by molar-refractivity contribution is -0.176. The van der Waals surface area contributed by atoms with Crippen LogP contribution in [-0.2, 0) is 38.1 Å². The molecule has 3 rings (SSSR count). The highest BCUT2D eigenvalue weighted by molar-refractivity contribution is 5.83. The molecule has 0 aromatic carbocycles. The Morgan fingerprint density at radius 2 is 1.50 bits per heavy atom. The first-order valence-corrected chi connectivity index (χ1v) is 12.4. The monoisotopic (exact) mass is 482 g/mol. The highest BCUT2D eigenvalue weighted by Gasteiger charge is 2.64. The minimum Gasteiger partial charge on any atom is -0.469 e. The summed E-state index contributed by atoms with van der Waals surface area (Å²) in [5, 5.41) is 0. The predicted molar refractivity (Wildman–Crippen MR) is 124 cm³/mol. The van der Waals surface area contributed by atoms with Gasteiger partial charge >= 0.3 is 23.9 Å². The van der Waals surface area contributed by atoms with Crippen molar-refractivity contribution in [1.29, 1.82) is 0 Å². The van der Waals surface area contributed by atoms with Gasteiger partial charge in [0.1, 0.15) is 12.2 Å². The molecule has 0 spiro atoms. The van der Waals surface area contributed by atoms with E-state index >= 15 is 0 Å². The van der Waals surface area contributed by atoms with Gasteiger partial charge in [-0.1, -0.05) is 20.8 Å². The summed E-state index contributed by atoms with van der Waals surface area (Å²) in [5.41, 5.74) is -3.05. The zero-order valence-electron chi connectivity index (χ0n) is 22.2. The number of carbonyl (C=O) groups is 4. The second-order valence-corrected chi connectivity index (χ2v) is 11.0. The summed E-state index contributed by atoms with van der Waals surface area (Å²) in [4.78, 5) is 50.6. The van der Waals surface area contributed by atoms with Crippen LogP contribution in [0, 0.1) is 34.0 Å². The summed E-state index contributed by atoms with van der Waals surface area (Å²) >= 11 is 0. The second-order valence-electron chi connectivity index (χ2n) is 11.0. The van der Waals surface area contributed by atoms with Crippen molar-refractivity contribution in [1.82, 2.24) is 0 Å². The van der Waals surface area contributed by atoms with E-state index in [1.54, 1.807) is 27.7 Å². The lowest BCUT2D eigenvalue weighted by Gasteiger charge is -2.40. The molecule has 1 heterocycles. The maximum Gasteiger partial charge on any atom is 0.312 e. The van der Waals surface area contributed by atoms with Crippen LogP contribution in [0.2, 0.25) is 0 Å². The van der Waals surface area contributed by atoms with E-state index in [-0.39, 0.29) is 42.7 Å². The van der Waals surface area contributed by atoms with Gasteiger partial charge in [0.05, 0.1) is 36.4 Å². The van der Waals surface area contributed by atoms with Crippen LogP contribution < -0.4 is 0 Å². The minimum absolute atomic E-state index is 0.0549. The molecule has 1 saturated heterocycles. The van der Waals surface area contributed by atoms with E-state index < -0.39 is 40.3 Å². The van der Waals surface area contributed by atoms with Crippen LogP contribution >= 0.6 is 0 Å². The second kappa shape index (κ2) is 10.2. The molecule has 3 aliphatic rings. The summed E-state index contributed by atoms with van der Waals surface area (Å²) < 4.78 is 21.5. The molecule has 3 fully saturated rings. The number of esters is 4. The van der Waals surface area contributed by atoms with Crippen molar-refractivity contribution < 1.29 is 38.1 Å². The van der Waals surface area contributed by atoms with Crippen LogP contribution in [-0.4, -0.2) is 50.3 Å². The summed E-state index contributed by atoms with van der Waals surface area (Å²) in [6.07, 6.45) is 1.49. The predicted octanol–water partition coefficient (Wildman–Crippen LogP) is 4.08. The molecule has 34 heavy (non-hydrogen) atoms. The van der Waals surface area contributed by atoms with Gasteiger partial charge in [0.25, 0.3) is 0 Å². The summed E-state index contributed by atoms with van der Waals surface area (Å²) in [6.45, 7) is 12.8. The number of methoxy groups -OCH3 is 2. The van der Waals surface area contributed by atoms with Gasteiger partial charge < -0.3 is 18.9 Å². The molecule has 0 aromatic heterocycles. The van der Waals surface area contributed by atoms with E-state index in [9.17, 15) is 19.2 Å². The van der Waals surface area contributed by atoms with E-state index in [4.69, 9.17) is 18.9 Å². The number of fused-ring (bicyclic) bond motifs is 1. The van der Waals surface area contributed by atoms with Crippen molar-refractivity contribution in [3.8, 4) is 0 Å². The van der Waals surface area contributed by atoms with E-state index in [1.807, 2.05) is 20.8 Å². The highest BCUT2D eigenvalue weighted by atomic mass is 16.6. The van der Waals surface area contributed by atoms with Crippen LogP contribution in [0.3, 0.4) is 0 Å². The molecule has 0 radical (unpaired) electrons. The van der Waals surface area contributed by atoms with Crippen LogP contribution in [0.1, 0.15) is 80.6 Å². The van der Waals surface area contributed by atoms with Crippen molar-refractivity contribution in [3.63, 3.8) is 0 Å². The Hall–Kier alpha value is -2.12. The summed E-state index contributed by atoms with van der Waals surface area (Å²) in [5.74, 6) is -1.30. The molecule has 8 heteroatoms. The number of ether oxygens (including phenoxy) is 4. The molecule has 7 atom stereocenters. The normalized spacial score (nSPS) is 30.3. The summed E-state index contributed by atoms with van der Waals surface area (Å²) in [6, 6.07) is 0. The van der Waals surface area contributed by atoms with Crippen LogP contribution in [0.15, 0.2) is 0 Å². The van der Waals surface area contributed by atoms with E-state index in [2.05, 4.69) is 0 Å². The first-order valence-electron chi connectivity index (χ1n) is 12.4. The molecule has 2 saturated carbocycles. The van der Waals surface area contributed by atoms with Crippen molar-refractivity contribution in [2.75, 3.05) is 14.2 Å². The maximum atomic E-state index is 13.4. The number of hydrogen-bond donors (Lipinski definition) is 0. The fraction of sp³-hybridized carbons (Fsp3) is 0.846.